The number of fused-ring (bicyclic) bond motifs is 1. The van der Waals surface area contributed by atoms with Crippen LogP contribution in [0.3, 0.4) is 0 Å². The Bertz CT molecular complexity index is 1250. The minimum Gasteiger partial charge on any atom is -0.462 e. The Hall–Kier alpha value is -3.15. The van der Waals surface area contributed by atoms with Crippen LogP contribution in [-0.4, -0.2) is 39.6 Å². The van der Waals surface area contributed by atoms with Gasteiger partial charge in [-0.1, -0.05) is 18.2 Å². The van der Waals surface area contributed by atoms with Crippen molar-refractivity contribution in [2.24, 2.45) is 0 Å². The van der Waals surface area contributed by atoms with Crippen molar-refractivity contribution >= 4 is 52.4 Å². The number of nitrogens with zero attached hydrogens (tertiary/aromatic N) is 3. The summed E-state index contributed by atoms with van der Waals surface area (Å²) in [5.41, 5.74) is 3.57. The quantitative estimate of drug-likeness (QED) is 0.379. The lowest BCUT2D eigenvalue weighted by Crippen LogP contribution is -2.31. The van der Waals surface area contributed by atoms with Gasteiger partial charge in [-0.3, -0.25) is 9.46 Å². The molecule has 1 aliphatic rings. The van der Waals surface area contributed by atoms with Gasteiger partial charge in [0, 0.05) is 37.8 Å². The van der Waals surface area contributed by atoms with Crippen molar-refractivity contribution in [1.82, 2.24) is 0 Å². The first-order chi connectivity index (χ1) is 15.8. The van der Waals surface area contributed by atoms with E-state index in [1.807, 2.05) is 79.2 Å². The number of rotatable bonds is 6. The smallest absolute Gasteiger partial charge is 0.338 e. The molecule has 1 aliphatic heterocycles. The van der Waals surface area contributed by atoms with Crippen LogP contribution in [-0.2, 0) is 16.5 Å². The number of benzene rings is 3. The molecule has 170 valence electrons. The fraction of sp³-hybridized carbons (Fsp3) is 0.200. The van der Waals surface area contributed by atoms with Crippen LogP contribution in [0.25, 0.3) is 0 Å². The van der Waals surface area contributed by atoms with Gasteiger partial charge in [-0.05, 0) is 73.3 Å². The number of ether oxygens (including phenoxy) is 1. The largest absolute Gasteiger partial charge is 0.462 e. The summed E-state index contributed by atoms with van der Waals surface area (Å²) < 4.78 is 8.86. The molecule has 1 amide bonds. The average molecular weight is 480 g/mol. The van der Waals surface area contributed by atoms with Gasteiger partial charge in [0.15, 0.2) is 6.34 Å². The molecule has 3 aromatic rings. The second kappa shape index (κ2) is 9.00. The van der Waals surface area contributed by atoms with E-state index in [4.69, 9.17) is 16.5 Å². The van der Waals surface area contributed by atoms with Crippen LogP contribution < -0.4 is 19.5 Å². The zero-order valence-corrected chi connectivity index (χ0v) is 20.8. The van der Waals surface area contributed by atoms with Gasteiger partial charge in [0.05, 0.1) is 23.4 Å². The highest BCUT2D eigenvalue weighted by atomic mass is 32.4. The van der Waals surface area contributed by atoms with Crippen LogP contribution >= 0.6 is 6.34 Å². The molecule has 0 fully saturated rings. The molecule has 4 rings (SSSR count). The minimum atomic E-state index is -2.75. The molecule has 1 atom stereocenters. The first-order valence-corrected chi connectivity index (χ1v) is 13.3. The molecule has 3 aromatic carbocycles. The third-order valence-electron chi connectivity index (χ3n) is 5.66. The van der Waals surface area contributed by atoms with Crippen LogP contribution in [0.1, 0.15) is 27.6 Å². The van der Waals surface area contributed by atoms with Crippen LogP contribution in [0.5, 0.6) is 0 Å². The van der Waals surface area contributed by atoms with Crippen LogP contribution in [0.2, 0.25) is 0 Å². The molecule has 0 spiro atoms. The third kappa shape index (κ3) is 3.92. The molecule has 33 heavy (non-hydrogen) atoms. The Kier molecular flexibility index (Phi) is 6.28. The number of carbonyl (C=O) groups excluding carboxylic acids is 2. The van der Waals surface area contributed by atoms with E-state index in [1.165, 1.54) is 0 Å². The fourth-order valence-corrected chi connectivity index (χ4v) is 7.96. The predicted molar refractivity (Wildman–Crippen MR) is 139 cm³/mol. The van der Waals surface area contributed by atoms with E-state index in [2.05, 4.69) is 0 Å². The third-order valence-corrected chi connectivity index (χ3v) is 10.5. The summed E-state index contributed by atoms with van der Waals surface area (Å²) in [6, 6.07) is 22.6. The van der Waals surface area contributed by atoms with Gasteiger partial charge in [-0.25, -0.2) is 4.79 Å². The fourth-order valence-electron chi connectivity index (χ4n) is 3.90. The number of esters is 1. The molecule has 0 aromatic heterocycles. The van der Waals surface area contributed by atoms with Gasteiger partial charge in [0.2, 0.25) is 0 Å². The minimum absolute atomic E-state index is 0.135. The molecule has 0 radical (unpaired) electrons. The number of anilines is 3. The number of carbonyl (C=O) groups is 2. The molecule has 0 bridgehead atoms. The van der Waals surface area contributed by atoms with Crippen molar-refractivity contribution in [1.29, 1.82) is 0 Å². The molecule has 0 saturated carbocycles. The van der Waals surface area contributed by atoms with E-state index in [-0.39, 0.29) is 5.91 Å². The first-order valence-electron chi connectivity index (χ1n) is 10.6. The Morgan fingerprint density at radius 3 is 2.24 bits per heavy atom. The first kappa shape index (κ1) is 23.0. The molecule has 0 aliphatic carbocycles. The summed E-state index contributed by atoms with van der Waals surface area (Å²) in [6.07, 6.45) is -2.75. The van der Waals surface area contributed by atoms with E-state index < -0.39 is 12.3 Å². The Balaban J connectivity index is 1.86. The Labute approximate surface area is 199 Å². The van der Waals surface area contributed by atoms with Crippen molar-refractivity contribution in [2.75, 3.05) is 42.0 Å². The molecule has 0 N–H and O–H groups in total. The zero-order chi connectivity index (χ0) is 23.8. The van der Waals surface area contributed by atoms with Gasteiger partial charge in [-0.2, -0.15) is 0 Å². The number of amides is 1. The van der Waals surface area contributed by atoms with Crippen LogP contribution in [0.4, 0.5) is 17.1 Å². The number of para-hydroxylation sites is 1. The molecular weight excluding hydrogens is 453 g/mol. The Morgan fingerprint density at radius 2 is 1.64 bits per heavy atom. The molecule has 6 nitrogen and oxygen atoms in total. The average Bonchev–Trinajstić information content (AvgIpc) is 3.06. The van der Waals surface area contributed by atoms with Gasteiger partial charge < -0.3 is 14.3 Å². The van der Waals surface area contributed by atoms with Crippen LogP contribution in [0, 0.1) is 0 Å². The molecular formula is C25H26N3O3PS. The highest BCUT2D eigenvalue weighted by Gasteiger charge is 2.46. The van der Waals surface area contributed by atoms with E-state index in [1.54, 1.807) is 35.9 Å². The predicted octanol–water partition coefficient (Wildman–Crippen LogP) is 4.66. The van der Waals surface area contributed by atoms with Crippen molar-refractivity contribution in [3.63, 3.8) is 0 Å². The van der Waals surface area contributed by atoms with E-state index >= 15 is 0 Å². The van der Waals surface area contributed by atoms with Crippen molar-refractivity contribution < 1.29 is 14.3 Å². The van der Waals surface area contributed by atoms with E-state index in [0.29, 0.717) is 23.4 Å². The van der Waals surface area contributed by atoms with Crippen molar-refractivity contribution in [3.8, 4) is 0 Å². The highest BCUT2D eigenvalue weighted by molar-refractivity contribution is 8.20. The van der Waals surface area contributed by atoms with E-state index in [9.17, 15) is 9.59 Å². The molecule has 8 heteroatoms. The van der Waals surface area contributed by atoms with Gasteiger partial charge in [0.25, 0.3) is 5.91 Å². The number of hydrogen-bond donors (Lipinski definition) is 0. The summed E-state index contributed by atoms with van der Waals surface area (Å²) in [5, 5.41) is 0.855. The van der Waals surface area contributed by atoms with Gasteiger partial charge in [0.1, 0.15) is 0 Å². The monoisotopic (exact) mass is 479 g/mol. The molecule has 1 heterocycles. The van der Waals surface area contributed by atoms with Crippen molar-refractivity contribution in [2.45, 2.75) is 6.92 Å². The topological polar surface area (TPSA) is 53.1 Å². The normalized spacial score (nSPS) is 17.0. The summed E-state index contributed by atoms with van der Waals surface area (Å²) in [7, 11) is 5.83. The van der Waals surface area contributed by atoms with Gasteiger partial charge in [-0.15, -0.1) is 0 Å². The zero-order valence-electron chi connectivity index (χ0n) is 19.1. The lowest BCUT2D eigenvalue weighted by atomic mass is 10.1. The summed E-state index contributed by atoms with van der Waals surface area (Å²) >= 11 is 6.38. The van der Waals surface area contributed by atoms with Crippen LogP contribution in [0.15, 0.2) is 72.8 Å². The maximum Gasteiger partial charge on any atom is 0.338 e. The maximum absolute atomic E-state index is 13.8. The maximum atomic E-state index is 13.8. The lowest BCUT2D eigenvalue weighted by molar-refractivity contribution is 0.0526. The van der Waals surface area contributed by atoms with Gasteiger partial charge >= 0.3 is 5.97 Å². The summed E-state index contributed by atoms with van der Waals surface area (Å²) in [4.78, 5) is 27.9. The van der Waals surface area contributed by atoms with Crippen molar-refractivity contribution in [3.05, 3.63) is 83.9 Å². The molecule has 1 unspecified atom stereocenters. The molecule has 0 saturated heterocycles. The standard InChI is InChI=1S/C25H26N3O3PS/c1-5-31-25(30)18-11-13-20(14-12-18)28-24(29)22-17-21(26(2)3)15-16-23(22)32(28,33)27(4)19-9-7-6-8-10-19/h6-17H,5H2,1-4H3. The second-order valence-electron chi connectivity index (χ2n) is 7.88. The summed E-state index contributed by atoms with van der Waals surface area (Å²) in [6.45, 7) is 2.07. The Morgan fingerprint density at radius 1 is 0.970 bits per heavy atom. The summed E-state index contributed by atoms with van der Waals surface area (Å²) in [5.74, 6) is -0.528. The number of hydrogen-bond acceptors (Lipinski definition) is 5. The second-order valence-corrected chi connectivity index (χ2v) is 12.0. The van der Waals surface area contributed by atoms with E-state index in [0.717, 1.165) is 16.7 Å². The SMILES string of the molecule is CCOC(=O)c1ccc(N2C(=O)c3cc(N(C)C)ccc3P2(=S)N(C)c2ccccc2)cc1. The lowest BCUT2D eigenvalue weighted by Gasteiger charge is -2.37. The highest BCUT2D eigenvalue weighted by Crippen LogP contribution is 2.60.